The zero-order chi connectivity index (χ0) is 19.8. The molecule has 1 aromatic heterocycles. The van der Waals surface area contributed by atoms with Gasteiger partial charge in [-0.2, -0.15) is 0 Å². The van der Waals surface area contributed by atoms with Gasteiger partial charge in [0.2, 0.25) is 0 Å². The lowest BCUT2D eigenvalue weighted by Crippen LogP contribution is -2.53. The third-order valence-corrected chi connectivity index (χ3v) is 6.20. The zero-order valence-electron chi connectivity index (χ0n) is 16.3. The number of carbonyl (C=O) groups is 1. The monoisotopic (exact) mass is 398 g/mol. The molecule has 6 nitrogen and oxygen atoms in total. The number of para-hydroxylation sites is 1. The summed E-state index contributed by atoms with van der Waals surface area (Å²) in [4.78, 5) is 19.5. The van der Waals surface area contributed by atoms with Crippen molar-refractivity contribution in [2.75, 3.05) is 32.2 Å². The summed E-state index contributed by atoms with van der Waals surface area (Å²) >= 11 is 1.69. The van der Waals surface area contributed by atoms with Crippen LogP contribution in [0.1, 0.15) is 21.5 Å². The molecular weight excluding hydrogens is 376 g/mol. The smallest absolute Gasteiger partial charge is 0.342 e. The van der Waals surface area contributed by atoms with Crippen LogP contribution >= 0.6 is 11.3 Å². The van der Waals surface area contributed by atoms with E-state index in [0.717, 1.165) is 10.6 Å². The first-order chi connectivity index (χ1) is 13.5. The Balaban J connectivity index is 1.45. The number of carbonyl (C=O) groups excluding carboxylic acids is 1. The summed E-state index contributed by atoms with van der Waals surface area (Å²) in [6.07, 6.45) is -0.169. The van der Waals surface area contributed by atoms with Crippen LogP contribution in [0.4, 0.5) is 5.13 Å². The van der Waals surface area contributed by atoms with Crippen LogP contribution in [0.3, 0.4) is 0 Å². The molecule has 7 heteroatoms. The largest absolute Gasteiger partial charge is 0.493 e. The van der Waals surface area contributed by atoms with E-state index in [9.17, 15) is 4.79 Å². The highest BCUT2D eigenvalue weighted by molar-refractivity contribution is 7.22. The van der Waals surface area contributed by atoms with E-state index in [1.54, 1.807) is 29.5 Å². The van der Waals surface area contributed by atoms with E-state index >= 15 is 0 Å². The minimum atomic E-state index is -0.406. The van der Waals surface area contributed by atoms with E-state index in [2.05, 4.69) is 30.9 Å². The van der Waals surface area contributed by atoms with Gasteiger partial charge < -0.3 is 19.1 Å². The maximum Gasteiger partial charge on any atom is 0.342 e. The van der Waals surface area contributed by atoms with E-state index in [0.29, 0.717) is 30.2 Å². The van der Waals surface area contributed by atoms with Crippen molar-refractivity contribution in [3.05, 3.63) is 47.0 Å². The van der Waals surface area contributed by atoms with Crippen LogP contribution in [0.2, 0.25) is 0 Å². The molecule has 28 heavy (non-hydrogen) atoms. The maximum absolute atomic E-state index is 12.6. The Hall–Kier alpha value is -2.80. The lowest BCUT2D eigenvalue weighted by Gasteiger charge is -2.38. The molecule has 0 amide bonds. The van der Waals surface area contributed by atoms with Gasteiger partial charge in [-0.05, 0) is 37.1 Å². The van der Waals surface area contributed by atoms with Gasteiger partial charge in [0.15, 0.2) is 16.6 Å². The number of hydrogen-bond donors (Lipinski definition) is 0. The molecule has 2 heterocycles. The molecule has 146 valence electrons. The van der Waals surface area contributed by atoms with E-state index < -0.39 is 5.97 Å². The Labute approximate surface area is 167 Å². The molecule has 1 fully saturated rings. The summed E-state index contributed by atoms with van der Waals surface area (Å²) in [6, 6.07) is 9.40. The second-order valence-electron chi connectivity index (χ2n) is 6.85. The van der Waals surface area contributed by atoms with Crippen LogP contribution in [0.5, 0.6) is 11.5 Å². The quantitative estimate of drug-likeness (QED) is 0.606. The Morgan fingerprint density at radius 3 is 2.54 bits per heavy atom. The molecule has 0 aliphatic carbocycles. The van der Waals surface area contributed by atoms with Gasteiger partial charge in [-0.25, -0.2) is 9.78 Å². The van der Waals surface area contributed by atoms with Crippen molar-refractivity contribution in [3.63, 3.8) is 0 Å². The van der Waals surface area contributed by atoms with Gasteiger partial charge in [-0.1, -0.05) is 29.5 Å². The van der Waals surface area contributed by atoms with E-state index in [-0.39, 0.29) is 6.10 Å². The number of hydrogen-bond acceptors (Lipinski definition) is 7. The number of aryl methyl sites for hydroxylation is 2. The summed E-state index contributed by atoms with van der Waals surface area (Å²) in [6.45, 7) is 5.45. The van der Waals surface area contributed by atoms with Crippen molar-refractivity contribution >= 4 is 32.7 Å². The third kappa shape index (κ3) is 3.16. The fraction of sp³-hybridized carbons (Fsp3) is 0.333. The van der Waals surface area contributed by atoms with E-state index in [1.165, 1.54) is 30.0 Å². The molecule has 4 rings (SSSR count). The number of fused-ring (bicyclic) bond motifs is 1. The van der Waals surface area contributed by atoms with Gasteiger partial charge in [-0.15, -0.1) is 0 Å². The first-order valence-corrected chi connectivity index (χ1v) is 9.87. The number of nitrogens with zero attached hydrogens (tertiary/aromatic N) is 2. The zero-order valence-corrected chi connectivity index (χ0v) is 17.1. The van der Waals surface area contributed by atoms with Gasteiger partial charge >= 0.3 is 5.97 Å². The van der Waals surface area contributed by atoms with Crippen molar-refractivity contribution in [1.29, 1.82) is 0 Å². The van der Waals surface area contributed by atoms with Gasteiger partial charge in [0.25, 0.3) is 0 Å². The van der Waals surface area contributed by atoms with Crippen molar-refractivity contribution in [3.8, 4) is 11.5 Å². The highest BCUT2D eigenvalue weighted by Crippen LogP contribution is 2.36. The second-order valence-corrected chi connectivity index (χ2v) is 7.82. The van der Waals surface area contributed by atoms with E-state index in [1.807, 2.05) is 0 Å². The summed E-state index contributed by atoms with van der Waals surface area (Å²) in [5.74, 6) is 0.493. The SMILES string of the molecule is COc1cccc(C(=O)OC2CN(c3nc4c(C)ccc(C)c4s3)C2)c1OC. The van der Waals surface area contributed by atoms with Crippen molar-refractivity contribution in [1.82, 2.24) is 4.98 Å². The van der Waals surface area contributed by atoms with E-state index in [4.69, 9.17) is 19.2 Å². The summed E-state index contributed by atoms with van der Waals surface area (Å²) in [5, 5.41) is 0.971. The molecule has 1 saturated heterocycles. The average Bonchev–Trinajstić information content (AvgIpc) is 3.12. The van der Waals surface area contributed by atoms with Crippen LogP contribution in [0.15, 0.2) is 30.3 Å². The van der Waals surface area contributed by atoms with Crippen LogP contribution in [0.25, 0.3) is 10.2 Å². The number of thiazole rings is 1. The van der Waals surface area contributed by atoms with Crippen molar-refractivity contribution in [2.24, 2.45) is 0 Å². The first-order valence-electron chi connectivity index (χ1n) is 9.05. The number of methoxy groups -OCH3 is 2. The Bertz CT molecular complexity index is 1000. The molecular formula is C21H22N2O4S. The molecule has 3 aromatic rings. The van der Waals surface area contributed by atoms with Gasteiger partial charge in [0.1, 0.15) is 11.7 Å². The van der Waals surface area contributed by atoms with Crippen molar-refractivity contribution < 1.29 is 19.0 Å². The van der Waals surface area contributed by atoms with Crippen LogP contribution in [-0.4, -0.2) is 44.4 Å². The number of rotatable bonds is 5. The van der Waals surface area contributed by atoms with Gasteiger partial charge in [0, 0.05) is 0 Å². The number of aromatic nitrogens is 1. The third-order valence-electron chi connectivity index (χ3n) is 4.95. The minimum absolute atomic E-state index is 0.169. The van der Waals surface area contributed by atoms with Crippen molar-refractivity contribution in [2.45, 2.75) is 20.0 Å². The second kappa shape index (κ2) is 7.31. The van der Waals surface area contributed by atoms with Gasteiger partial charge in [-0.3, -0.25) is 0 Å². The molecule has 1 aliphatic rings. The summed E-state index contributed by atoms with van der Waals surface area (Å²) in [7, 11) is 3.05. The predicted molar refractivity (Wildman–Crippen MR) is 110 cm³/mol. The molecule has 0 radical (unpaired) electrons. The molecule has 0 unspecified atom stereocenters. The Kier molecular flexibility index (Phi) is 4.85. The maximum atomic E-state index is 12.6. The van der Waals surface area contributed by atoms with Crippen LogP contribution < -0.4 is 14.4 Å². The van der Waals surface area contributed by atoms with Crippen LogP contribution in [-0.2, 0) is 4.74 Å². The summed E-state index contributed by atoms with van der Waals surface area (Å²) < 4.78 is 17.4. The minimum Gasteiger partial charge on any atom is -0.493 e. The molecule has 2 aromatic carbocycles. The number of anilines is 1. The number of ether oxygens (including phenoxy) is 3. The molecule has 0 atom stereocenters. The number of esters is 1. The highest BCUT2D eigenvalue weighted by atomic mass is 32.1. The fourth-order valence-electron chi connectivity index (χ4n) is 3.31. The number of benzene rings is 2. The van der Waals surface area contributed by atoms with Gasteiger partial charge in [0.05, 0.1) is 37.5 Å². The Morgan fingerprint density at radius 2 is 1.86 bits per heavy atom. The molecule has 0 spiro atoms. The lowest BCUT2D eigenvalue weighted by atomic mass is 10.1. The Morgan fingerprint density at radius 1 is 1.11 bits per heavy atom. The lowest BCUT2D eigenvalue weighted by molar-refractivity contribution is 0.0230. The fourth-order valence-corrected chi connectivity index (χ4v) is 4.44. The highest BCUT2D eigenvalue weighted by Gasteiger charge is 2.33. The standard InChI is InChI=1S/C21H22N2O4S/c1-12-8-9-13(2)19-17(12)22-21(28-19)23-10-14(11-23)27-20(24)15-6-5-7-16(25-3)18(15)26-4/h5-9,14H,10-11H2,1-4H3. The molecule has 0 N–H and O–H groups in total. The molecule has 1 aliphatic heterocycles. The average molecular weight is 398 g/mol. The first kappa shape index (κ1) is 18.6. The normalized spacial score (nSPS) is 14.1. The topological polar surface area (TPSA) is 60.9 Å². The molecule has 0 bridgehead atoms. The molecule has 0 saturated carbocycles. The summed E-state index contributed by atoms with van der Waals surface area (Å²) in [5.41, 5.74) is 3.84. The predicted octanol–water partition coefficient (Wildman–Crippen LogP) is 3.98. The van der Waals surface area contributed by atoms with Crippen LogP contribution in [0, 0.1) is 13.8 Å².